The van der Waals surface area contributed by atoms with Crippen molar-refractivity contribution in [3.05, 3.63) is 96.1 Å². The van der Waals surface area contributed by atoms with Crippen molar-refractivity contribution in [1.29, 1.82) is 0 Å². The van der Waals surface area contributed by atoms with Crippen molar-refractivity contribution in [2.45, 2.75) is 43.6 Å². The van der Waals surface area contributed by atoms with Gasteiger partial charge in [-0.05, 0) is 28.6 Å². The molecule has 27 heavy (non-hydrogen) atoms. The van der Waals surface area contributed by atoms with E-state index in [0.717, 1.165) is 11.8 Å². The molecule has 0 radical (unpaired) electrons. The quantitative estimate of drug-likeness (QED) is 0.319. The molecule has 0 bridgehead atoms. The summed E-state index contributed by atoms with van der Waals surface area (Å²) in [7, 11) is -1.98. The molecule has 0 amide bonds. The van der Waals surface area contributed by atoms with E-state index in [-0.39, 0.29) is 5.04 Å². The first-order valence-electron chi connectivity index (χ1n) is 9.73. The predicted molar refractivity (Wildman–Crippen MR) is 125 cm³/mol. The maximum atomic E-state index is 3.67. The Morgan fingerprint density at radius 1 is 0.667 bits per heavy atom. The van der Waals surface area contributed by atoms with E-state index in [2.05, 4.69) is 122 Å². The molecule has 2 heteroatoms. The summed E-state index contributed by atoms with van der Waals surface area (Å²) in [5.41, 5.74) is 2.89. The van der Waals surface area contributed by atoms with E-state index >= 15 is 0 Å². The number of benzene rings is 3. The van der Waals surface area contributed by atoms with E-state index in [1.54, 1.807) is 10.4 Å². The number of halogens is 1. The Morgan fingerprint density at radius 2 is 1.11 bits per heavy atom. The monoisotopic (exact) mass is 436 g/mol. The first kappa shape index (κ1) is 20.1. The molecule has 3 rings (SSSR count). The Hall–Kier alpha value is -1.64. The molecule has 140 valence electrons. The fourth-order valence-corrected chi connectivity index (χ4v) is 10.5. The van der Waals surface area contributed by atoms with Gasteiger partial charge in [0.15, 0.2) is 0 Å². The second-order valence-electron chi connectivity index (χ2n) is 8.29. The normalized spacial score (nSPS) is 12.1. The fraction of sp³-hybridized carbons (Fsp3) is 0.280. The second-order valence-corrected chi connectivity index (χ2v) is 13.8. The van der Waals surface area contributed by atoms with Crippen molar-refractivity contribution in [3.8, 4) is 0 Å². The molecule has 0 saturated heterocycles. The number of alkyl halides is 1. The maximum Gasteiger partial charge on any atom is 0.123 e. The predicted octanol–water partition coefficient (Wildman–Crippen LogP) is 6.19. The molecule has 0 nitrogen and oxygen atoms in total. The molecule has 0 saturated carbocycles. The van der Waals surface area contributed by atoms with Crippen LogP contribution in [-0.2, 0) is 11.8 Å². The lowest BCUT2D eigenvalue weighted by Gasteiger charge is -2.44. The Balaban J connectivity index is 2.12. The summed E-state index contributed by atoms with van der Waals surface area (Å²) in [6.45, 7) is 7.32. The van der Waals surface area contributed by atoms with E-state index < -0.39 is 8.07 Å². The number of hydrogen-bond donors (Lipinski definition) is 0. The van der Waals surface area contributed by atoms with Gasteiger partial charge in [-0.15, -0.1) is 0 Å². The fourth-order valence-electron chi connectivity index (χ4n) is 4.40. The number of hydrogen-bond acceptors (Lipinski definition) is 0. The average molecular weight is 437 g/mol. The van der Waals surface area contributed by atoms with Gasteiger partial charge in [0, 0.05) is 5.33 Å². The molecule has 0 heterocycles. The van der Waals surface area contributed by atoms with Gasteiger partial charge in [-0.25, -0.2) is 0 Å². The topological polar surface area (TPSA) is 0 Å². The van der Waals surface area contributed by atoms with Crippen LogP contribution in [0.25, 0.3) is 0 Å². The molecule has 3 aromatic rings. The van der Waals surface area contributed by atoms with Gasteiger partial charge >= 0.3 is 0 Å². The van der Waals surface area contributed by atoms with Crippen molar-refractivity contribution >= 4 is 34.4 Å². The number of aryl methyl sites for hydroxylation is 1. The summed E-state index contributed by atoms with van der Waals surface area (Å²) in [5, 5.41) is 4.23. The smallest absolute Gasteiger partial charge is 0.0876 e. The van der Waals surface area contributed by atoms with E-state index in [1.807, 2.05) is 0 Å². The lowest BCUT2D eigenvalue weighted by molar-refractivity contribution is 0.723. The van der Waals surface area contributed by atoms with Crippen LogP contribution in [0.3, 0.4) is 0 Å². The zero-order chi connectivity index (χ0) is 19.3. The Morgan fingerprint density at radius 3 is 1.56 bits per heavy atom. The van der Waals surface area contributed by atoms with E-state index in [0.29, 0.717) is 0 Å². The first-order chi connectivity index (χ1) is 13.0. The van der Waals surface area contributed by atoms with Gasteiger partial charge in [-0.1, -0.05) is 132 Å². The van der Waals surface area contributed by atoms with Gasteiger partial charge < -0.3 is 0 Å². The Kier molecular flexibility index (Phi) is 6.39. The van der Waals surface area contributed by atoms with Crippen molar-refractivity contribution in [1.82, 2.24) is 0 Å². The van der Waals surface area contributed by atoms with Gasteiger partial charge in [0.25, 0.3) is 0 Å². The van der Waals surface area contributed by atoms with Gasteiger partial charge in [-0.2, -0.15) is 0 Å². The summed E-state index contributed by atoms with van der Waals surface area (Å²) < 4.78 is 0. The standard InChI is InChI=1S/C25H29BrSi/c1-25(2,3)27(23-14-6-4-7-15-23,24-16-8-5-9-17-24)19-18-21-12-10-11-13-22(21)20-26/h4-17H,18-20H2,1-3H3. The van der Waals surface area contributed by atoms with Gasteiger partial charge in [-0.3, -0.25) is 0 Å². The van der Waals surface area contributed by atoms with Gasteiger partial charge in [0.05, 0.1) is 0 Å². The Labute approximate surface area is 173 Å². The van der Waals surface area contributed by atoms with Gasteiger partial charge in [0.1, 0.15) is 8.07 Å². The first-order valence-corrected chi connectivity index (χ1v) is 13.1. The minimum Gasteiger partial charge on any atom is -0.0876 e. The van der Waals surface area contributed by atoms with Crippen LogP contribution in [-0.4, -0.2) is 8.07 Å². The van der Waals surface area contributed by atoms with E-state index in [4.69, 9.17) is 0 Å². The van der Waals surface area contributed by atoms with Crippen LogP contribution in [0.4, 0.5) is 0 Å². The van der Waals surface area contributed by atoms with Crippen LogP contribution in [0, 0.1) is 0 Å². The molecule has 3 aromatic carbocycles. The SMILES string of the molecule is CC(C)(C)[Si](CCc1ccccc1CBr)(c1ccccc1)c1ccccc1. The third kappa shape index (κ3) is 4.12. The lowest BCUT2D eigenvalue weighted by Crippen LogP contribution is -2.64. The molecule has 0 aliphatic carbocycles. The van der Waals surface area contributed by atoms with Crippen LogP contribution >= 0.6 is 15.9 Å². The van der Waals surface area contributed by atoms with E-state index in [9.17, 15) is 0 Å². The molecule has 0 N–H and O–H groups in total. The van der Waals surface area contributed by atoms with Crippen LogP contribution in [0.1, 0.15) is 31.9 Å². The highest BCUT2D eigenvalue weighted by Crippen LogP contribution is 2.39. The van der Waals surface area contributed by atoms with Crippen LogP contribution in [0.2, 0.25) is 11.1 Å². The van der Waals surface area contributed by atoms with Gasteiger partial charge in [0.2, 0.25) is 0 Å². The third-order valence-corrected chi connectivity index (χ3v) is 12.6. The Bertz CT molecular complexity index is 811. The second kappa shape index (κ2) is 8.58. The minimum atomic E-state index is -1.98. The molecule has 0 aliphatic rings. The molecular formula is C25H29BrSi. The summed E-state index contributed by atoms with van der Waals surface area (Å²) >= 11 is 3.67. The zero-order valence-corrected chi connectivity index (χ0v) is 19.2. The summed E-state index contributed by atoms with van der Waals surface area (Å²) in [5.74, 6) is 0. The van der Waals surface area contributed by atoms with Crippen LogP contribution in [0.15, 0.2) is 84.9 Å². The molecule has 0 atom stereocenters. The molecule has 0 fully saturated rings. The van der Waals surface area contributed by atoms with Crippen molar-refractivity contribution in [2.75, 3.05) is 0 Å². The molecule has 0 aliphatic heterocycles. The summed E-state index contributed by atoms with van der Waals surface area (Å²) in [4.78, 5) is 0. The van der Waals surface area contributed by atoms with E-state index in [1.165, 1.54) is 17.2 Å². The zero-order valence-electron chi connectivity index (χ0n) is 16.6. The molecule has 0 spiro atoms. The highest BCUT2D eigenvalue weighted by molar-refractivity contribution is 9.08. The third-order valence-electron chi connectivity index (χ3n) is 5.85. The maximum absolute atomic E-state index is 3.67. The minimum absolute atomic E-state index is 0.221. The average Bonchev–Trinajstić information content (AvgIpc) is 2.69. The van der Waals surface area contributed by atoms with Crippen LogP contribution < -0.4 is 10.4 Å². The molecular weight excluding hydrogens is 408 g/mol. The van der Waals surface area contributed by atoms with Crippen LogP contribution in [0.5, 0.6) is 0 Å². The van der Waals surface area contributed by atoms with Crippen molar-refractivity contribution in [2.24, 2.45) is 0 Å². The summed E-state index contributed by atoms with van der Waals surface area (Å²) in [6, 6.07) is 32.6. The van der Waals surface area contributed by atoms with Crippen molar-refractivity contribution in [3.63, 3.8) is 0 Å². The highest BCUT2D eigenvalue weighted by atomic mass is 79.9. The lowest BCUT2D eigenvalue weighted by atomic mass is 10.1. The highest BCUT2D eigenvalue weighted by Gasteiger charge is 2.46. The molecule has 0 aromatic heterocycles. The largest absolute Gasteiger partial charge is 0.123 e. The number of rotatable bonds is 6. The molecule has 0 unspecified atom stereocenters. The summed E-state index contributed by atoms with van der Waals surface area (Å²) in [6.07, 6.45) is 1.12. The van der Waals surface area contributed by atoms with Crippen molar-refractivity contribution < 1.29 is 0 Å².